The molecule has 0 aliphatic heterocycles. The third-order valence-corrected chi connectivity index (χ3v) is 6.81. The first-order valence-corrected chi connectivity index (χ1v) is 12.2. The summed E-state index contributed by atoms with van der Waals surface area (Å²) >= 11 is 1.60. The minimum absolute atomic E-state index is 0.0786. The molecule has 1 aliphatic carbocycles. The average Bonchev–Trinajstić information content (AvgIpc) is 3.19. The number of carbonyl (C=O) groups is 2. The van der Waals surface area contributed by atoms with Crippen LogP contribution in [0.15, 0.2) is 35.4 Å². The summed E-state index contributed by atoms with van der Waals surface area (Å²) in [6.45, 7) is 2.78. The van der Waals surface area contributed by atoms with E-state index in [1.54, 1.807) is 35.6 Å². The number of amides is 2. The number of aryl methyl sites for hydroxylation is 2. The minimum atomic E-state index is -0.269. The molecule has 174 valence electrons. The molecule has 0 fully saturated rings. The van der Waals surface area contributed by atoms with E-state index in [4.69, 9.17) is 4.74 Å². The Labute approximate surface area is 196 Å². The van der Waals surface area contributed by atoms with Crippen LogP contribution < -0.4 is 20.9 Å². The summed E-state index contributed by atoms with van der Waals surface area (Å²) in [6, 6.07) is 7.19. The first kappa shape index (κ1) is 23.0. The Morgan fingerprint density at radius 2 is 1.94 bits per heavy atom. The topological polar surface area (TPSA) is 102 Å². The number of nitrogens with zero attached hydrogens (tertiary/aromatic N) is 2. The summed E-state index contributed by atoms with van der Waals surface area (Å²) in [6.07, 6.45) is 6.37. The highest BCUT2D eigenvalue weighted by atomic mass is 32.1. The zero-order chi connectivity index (χ0) is 23.2. The van der Waals surface area contributed by atoms with Gasteiger partial charge in [0.15, 0.2) is 0 Å². The molecule has 2 aromatic heterocycles. The van der Waals surface area contributed by atoms with Gasteiger partial charge >= 0.3 is 0 Å². The summed E-state index contributed by atoms with van der Waals surface area (Å²) in [5, 5.41) is 6.29. The number of rotatable bonds is 9. The summed E-state index contributed by atoms with van der Waals surface area (Å²) in [5.41, 5.74) is 1.67. The molecule has 0 saturated carbocycles. The second-order valence-electron chi connectivity index (χ2n) is 8.03. The normalized spacial score (nSPS) is 12.9. The van der Waals surface area contributed by atoms with E-state index in [2.05, 4.69) is 15.6 Å². The highest BCUT2D eigenvalue weighted by Gasteiger charge is 2.20. The third kappa shape index (κ3) is 5.60. The van der Waals surface area contributed by atoms with Crippen LogP contribution in [0.5, 0.6) is 5.75 Å². The summed E-state index contributed by atoms with van der Waals surface area (Å²) < 4.78 is 6.75. The average molecular weight is 469 g/mol. The van der Waals surface area contributed by atoms with Gasteiger partial charge in [0, 0.05) is 23.5 Å². The van der Waals surface area contributed by atoms with E-state index in [1.165, 1.54) is 15.8 Å². The third-order valence-electron chi connectivity index (χ3n) is 5.61. The molecular weight excluding hydrogens is 440 g/mol. The lowest BCUT2D eigenvalue weighted by Crippen LogP contribution is -2.33. The van der Waals surface area contributed by atoms with E-state index in [0.717, 1.165) is 41.8 Å². The van der Waals surface area contributed by atoms with Gasteiger partial charge in [-0.25, -0.2) is 4.98 Å². The van der Waals surface area contributed by atoms with Gasteiger partial charge in [0.2, 0.25) is 11.8 Å². The maximum absolute atomic E-state index is 12.9. The van der Waals surface area contributed by atoms with Crippen LogP contribution >= 0.6 is 11.3 Å². The van der Waals surface area contributed by atoms with Gasteiger partial charge in [0.1, 0.15) is 17.1 Å². The predicted octanol–water partition coefficient (Wildman–Crippen LogP) is 3.27. The van der Waals surface area contributed by atoms with Crippen LogP contribution in [0.3, 0.4) is 0 Å². The van der Waals surface area contributed by atoms with Crippen molar-refractivity contribution in [3.8, 4) is 5.75 Å². The Balaban J connectivity index is 1.24. The van der Waals surface area contributed by atoms with Gasteiger partial charge in [-0.3, -0.25) is 19.0 Å². The number of hydrogen-bond acceptors (Lipinski definition) is 6. The maximum Gasteiger partial charge on any atom is 0.262 e. The van der Waals surface area contributed by atoms with Gasteiger partial charge in [0.25, 0.3) is 5.56 Å². The van der Waals surface area contributed by atoms with Crippen LogP contribution in [0.1, 0.15) is 43.0 Å². The van der Waals surface area contributed by atoms with Crippen molar-refractivity contribution in [3.63, 3.8) is 0 Å². The van der Waals surface area contributed by atoms with Gasteiger partial charge in [-0.15, -0.1) is 11.3 Å². The van der Waals surface area contributed by atoms with E-state index in [-0.39, 0.29) is 30.3 Å². The lowest BCUT2D eigenvalue weighted by atomic mass is 9.97. The molecule has 4 rings (SSSR count). The van der Waals surface area contributed by atoms with Crippen molar-refractivity contribution < 1.29 is 14.3 Å². The van der Waals surface area contributed by atoms with Crippen LogP contribution in [0.4, 0.5) is 5.69 Å². The second-order valence-corrected chi connectivity index (χ2v) is 9.11. The van der Waals surface area contributed by atoms with E-state index in [1.807, 2.05) is 6.92 Å². The first-order chi connectivity index (χ1) is 16.0. The second kappa shape index (κ2) is 10.6. The molecule has 1 aromatic carbocycles. The van der Waals surface area contributed by atoms with Crippen LogP contribution in [-0.4, -0.2) is 34.5 Å². The molecule has 0 unspecified atom stereocenters. The van der Waals surface area contributed by atoms with Crippen molar-refractivity contribution in [1.29, 1.82) is 0 Å². The zero-order valence-electron chi connectivity index (χ0n) is 18.7. The molecule has 2 amide bonds. The molecule has 0 spiro atoms. The van der Waals surface area contributed by atoms with Crippen molar-refractivity contribution in [2.45, 2.75) is 52.0 Å². The lowest BCUT2D eigenvalue weighted by molar-refractivity contribution is -0.122. The van der Waals surface area contributed by atoms with Gasteiger partial charge in [-0.05, 0) is 68.9 Å². The number of carbonyl (C=O) groups excluding carboxylic acids is 2. The first-order valence-electron chi connectivity index (χ1n) is 11.3. The maximum atomic E-state index is 12.9. The SMILES string of the molecule is CCOc1ccc(NC(=O)CCCNC(=O)Cn2cnc3sc4c(c3c2=O)CCCC4)cc1. The molecule has 8 nitrogen and oxygen atoms in total. The van der Waals surface area contributed by atoms with Crippen LogP contribution in [-0.2, 0) is 29.0 Å². The summed E-state index contributed by atoms with van der Waals surface area (Å²) in [4.78, 5) is 43.8. The van der Waals surface area contributed by atoms with Crippen LogP contribution in [0.25, 0.3) is 10.2 Å². The molecular formula is C24H28N4O4S. The fraction of sp³-hybridized carbons (Fsp3) is 0.417. The molecule has 1 aliphatic rings. The molecule has 0 saturated heterocycles. The number of anilines is 1. The number of nitrogens with one attached hydrogen (secondary N) is 2. The van der Waals surface area contributed by atoms with E-state index in [0.29, 0.717) is 30.6 Å². The van der Waals surface area contributed by atoms with Crippen LogP contribution in [0, 0.1) is 0 Å². The van der Waals surface area contributed by atoms with Crippen molar-refractivity contribution >= 4 is 39.1 Å². The number of ether oxygens (including phenoxy) is 1. The largest absolute Gasteiger partial charge is 0.494 e. The van der Waals surface area contributed by atoms with E-state index >= 15 is 0 Å². The number of thiophene rings is 1. The van der Waals surface area contributed by atoms with E-state index in [9.17, 15) is 14.4 Å². The Bertz CT molecular complexity index is 1200. The van der Waals surface area contributed by atoms with E-state index < -0.39 is 0 Å². The molecule has 33 heavy (non-hydrogen) atoms. The van der Waals surface area contributed by atoms with Crippen molar-refractivity contribution in [2.24, 2.45) is 0 Å². The molecule has 2 N–H and O–H groups in total. The number of hydrogen-bond donors (Lipinski definition) is 2. The molecule has 2 heterocycles. The van der Waals surface area contributed by atoms with Crippen molar-refractivity contribution in [1.82, 2.24) is 14.9 Å². The Hall–Kier alpha value is -3.20. The molecule has 0 bridgehead atoms. The minimum Gasteiger partial charge on any atom is -0.494 e. The Morgan fingerprint density at radius 1 is 1.15 bits per heavy atom. The summed E-state index contributed by atoms with van der Waals surface area (Å²) in [7, 11) is 0. The van der Waals surface area contributed by atoms with Gasteiger partial charge in [-0.2, -0.15) is 0 Å². The quantitative estimate of drug-likeness (QED) is 0.469. The van der Waals surface area contributed by atoms with Gasteiger partial charge in [-0.1, -0.05) is 0 Å². The molecule has 0 radical (unpaired) electrons. The molecule has 3 aromatic rings. The van der Waals surface area contributed by atoms with Crippen LogP contribution in [0.2, 0.25) is 0 Å². The van der Waals surface area contributed by atoms with Crippen molar-refractivity contribution in [3.05, 3.63) is 51.4 Å². The molecule has 9 heteroatoms. The fourth-order valence-electron chi connectivity index (χ4n) is 4.01. The van der Waals surface area contributed by atoms with Gasteiger partial charge < -0.3 is 15.4 Å². The summed E-state index contributed by atoms with van der Waals surface area (Å²) in [5.74, 6) is 0.362. The highest BCUT2D eigenvalue weighted by molar-refractivity contribution is 7.18. The number of fused-ring (bicyclic) bond motifs is 3. The highest BCUT2D eigenvalue weighted by Crippen LogP contribution is 2.33. The monoisotopic (exact) mass is 468 g/mol. The lowest BCUT2D eigenvalue weighted by Gasteiger charge is -2.11. The molecule has 0 atom stereocenters. The predicted molar refractivity (Wildman–Crippen MR) is 129 cm³/mol. The standard InChI is InChI=1S/C24H28N4O4S/c1-2-32-17-11-9-16(10-12-17)27-20(29)8-5-13-25-21(30)14-28-15-26-23-22(24(28)31)18-6-3-4-7-19(18)33-23/h9-12,15H,2-8,13-14H2,1H3,(H,25,30)(H,27,29). The Kier molecular flexibility index (Phi) is 7.39. The number of benzene rings is 1. The fourth-order valence-corrected chi connectivity index (χ4v) is 5.23. The van der Waals surface area contributed by atoms with Crippen molar-refractivity contribution in [2.75, 3.05) is 18.5 Å². The van der Waals surface area contributed by atoms with Gasteiger partial charge in [0.05, 0.1) is 18.3 Å². The Morgan fingerprint density at radius 3 is 2.73 bits per heavy atom. The zero-order valence-corrected chi connectivity index (χ0v) is 19.5. The smallest absolute Gasteiger partial charge is 0.262 e. The number of aromatic nitrogens is 2.